The number of benzene rings is 5. The van der Waals surface area contributed by atoms with Gasteiger partial charge in [0.1, 0.15) is 5.82 Å². The third kappa shape index (κ3) is 4.86. The standard InChI is InChI=1S/C45H34N6/c1-29-27-36(45-48-43(30-15-5-2-6-16-30)47-44(49-45)31-17-7-3-8-18-31)46-40(28-29)51-38-24-14-12-22-35(38)41-39(51)26-25-34-33-21-11-13-23-37(33)50(42(34)41)32-19-9-4-10-20-32/h2-7,9-17,19-26,28-29H,8,18,27H2,1H3. The number of para-hydroxylation sites is 3. The summed E-state index contributed by atoms with van der Waals surface area (Å²) in [5, 5.41) is 4.88. The fraction of sp³-hybridized carbons (Fsp3) is 0.111. The summed E-state index contributed by atoms with van der Waals surface area (Å²) >= 11 is 0. The van der Waals surface area contributed by atoms with Gasteiger partial charge in [-0.15, -0.1) is 0 Å². The Morgan fingerprint density at radius 2 is 1.29 bits per heavy atom. The molecule has 1 atom stereocenters. The summed E-state index contributed by atoms with van der Waals surface area (Å²) in [5.41, 5.74) is 8.74. The average molecular weight is 659 g/mol. The van der Waals surface area contributed by atoms with Crippen molar-refractivity contribution < 1.29 is 0 Å². The van der Waals surface area contributed by atoms with Crippen molar-refractivity contribution in [2.45, 2.75) is 26.2 Å². The molecule has 0 bridgehead atoms. The van der Waals surface area contributed by atoms with Crippen LogP contribution in [-0.4, -0.2) is 29.8 Å². The summed E-state index contributed by atoms with van der Waals surface area (Å²) in [7, 11) is 0. The van der Waals surface area contributed by atoms with Gasteiger partial charge in [-0.25, -0.2) is 19.9 Å². The first kappa shape index (κ1) is 29.5. The van der Waals surface area contributed by atoms with Crippen LogP contribution in [0.3, 0.4) is 0 Å². The lowest BCUT2D eigenvalue weighted by Crippen LogP contribution is -2.18. The molecule has 0 saturated heterocycles. The summed E-state index contributed by atoms with van der Waals surface area (Å²) < 4.78 is 4.75. The molecule has 4 heterocycles. The molecular formula is C45H34N6. The molecular weight excluding hydrogens is 625 g/mol. The lowest BCUT2D eigenvalue weighted by molar-refractivity contribution is 0.747. The van der Waals surface area contributed by atoms with Gasteiger partial charge >= 0.3 is 0 Å². The van der Waals surface area contributed by atoms with Crippen LogP contribution < -0.4 is 0 Å². The summed E-state index contributed by atoms with van der Waals surface area (Å²) in [6.07, 6.45) is 11.3. The number of rotatable bonds is 5. The lowest BCUT2D eigenvalue weighted by atomic mass is 10.00. The lowest BCUT2D eigenvalue weighted by Gasteiger charge is -2.20. The maximum atomic E-state index is 5.42. The first-order valence-corrected chi connectivity index (χ1v) is 17.7. The molecule has 1 aliphatic heterocycles. The number of allylic oxidation sites excluding steroid dienone is 5. The minimum atomic E-state index is 0.223. The number of nitrogens with zero attached hydrogens (tertiary/aromatic N) is 6. The van der Waals surface area contributed by atoms with E-state index in [4.69, 9.17) is 19.9 Å². The predicted octanol–water partition coefficient (Wildman–Crippen LogP) is 10.8. The first-order chi connectivity index (χ1) is 25.2. The van der Waals surface area contributed by atoms with Crippen LogP contribution in [0.25, 0.3) is 72.1 Å². The zero-order valence-electron chi connectivity index (χ0n) is 28.2. The van der Waals surface area contributed by atoms with Crippen molar-refractivity contribution in [3.05, 3.63) is 157 Å². The maximum Gasteiger partial charge on any atom is 0.178 e. The van der Waals surface area contributed by atoms with Crippen LogP contribution in [0.4, 0.5) is 0 Å². The Kier molecular flexibility index (Phi) is 6.88. The second kappa shape index (κ2) is 11.9. The molecule has 5 aromatic carbocycles. The Morgan fingerprint density at radius 1 is 0.608 bits per heavy atom. The molecule has 0 amide bonds. The highest BCUT2D eigenvalue weighted by atomic mass is 15.1. The molecule has 0 N–H and O–H groups in total. The van der Waals surface area contributed by atoms with Gasteiger partial charge in [0, 0.05) is 32.8 Å². The number of aliphatic imine (C=N–C) groups is 1. The van der Waals surface area contributed by atoms with Crippen LogP contribution >= 0.6 is 0 Å². The molecule has 0 radical (unpaired) electrons. The van der Waals surface area contributed by atoms with Gasteiger partial charge in [0.25, 0.3) is 0 Å². The van der Waals surface area contributed by atoms with E-state index in [0.29, 0.717) is 11.6 Å². The van der Waals surface area contributed by atoms with Crippen LogP contribution in [0.15, 0.2) is 151 Å². The molecule has 3 aromatic heterocycles. The van der Waals surface area contributed by atoms with Crippen LogP contribution in [0.2, 0.25) is 0 Å². The van der Waals surface area contributed by atoms with Gasteiger partial charge in [0.2, 0.25) is 0 Å². The van der Waals surface area contributed by atoms with Crippen LogP contribution in [0.5, 0.6) is 0 Å². The molecule has 0 spiro atoms. The van der Waals surface area contributed by atoms with E-state index in [2.05, 4.69) is 143 Å². The maximum absolute atomic E-state index is 5.42. The fourth-order valence-corrected chi connectivity index (χ4v) is 7.86. The third-order valence-electron chi connectivity index (χ3n) is 10.1. The summed E-state index contributed by atoms with van der Waals surface area (Å²) in [4.78, 5) is 20.6. The zero-order chi connectivity index (χ0) is 33.9. The highest BCUT2D eigenvalue weighted by molar-refractivity contribution is 6.26. The SMILES string of the molecule is CC1C=C(n2c3ccccc3c3c2ccc2c4ccccc4n(-c4ccccc4)c23)N=C(c2nc(C3=CC=CCC3)nc(-c3ccccc3)n2)C1. The molecule has 0 fully saturated rings. The molecule has 1 unspecified atom stereocenters. The number of hydrogen-bond acceptors (Lipinski definition) is 4. The van der Waals surface area contributed by atoms with Gasteiger partial charge in [-0.2, -0.15) is 0 Å². The Balaban J connectivity index is 1.22. The fourth-order valence-electron chi connectivity index (χ4n) is 7.86. The Labute approximate surface area is 295 Å². The molecule has 2 aliphatic rings. The van der Waals surface area contributed by atoms with Crippen LogP contribution in [0, 0.1) is 5.92 Å². The van der Waals surface area contributed by atoms with E-state index in [1.807, 2.05) is 18.2 Å². The second-order valence-corrected chi connectivity index (χ2v) is 13.5. The minimum absolute atomic E-state index is 0.223. The van der Waals surface area contributed by atoms with Crippen molar-refractivity contribution in [1.82, 2.24) is 24.1 Å². The van der Waals surface area contributed by atoms with E-state index in [1.54, 1.807) is 0 Å². The van der Waals surface area contributed by atoms with Gasteiger partial charge in [0.15, 0.2) is 17.5 Å². The Morgan fingerprint density at radius 3 is 2.08 bits per heavy atom. The molecule has 1 aliphatic carbocycles. The number of hydrogen-bond donors (Lipinski definition) is 0. The number of fused-ring (bicyclic) bond motifs is 7. The molecule has 51 heavy (non-hydrogen) atoms. The monoisotopic (exact) mass is 658 g/mol. The summed E-state index contributed by atoms with van der Waals surface area (Å²) in [6, 6.07) is 42.9. The first-order valence-electron chi connectivity index (χ1n) is 17.7. The normalized spacial score (nSPS) is 16.2. The van der Waals surface area contributed by atoms with E-state index in [1.165, 1.54) is 32.6 Å². The summed E-state index contributed by atoms with van der Waals surface area (Å²) in [5.74, 6) is 3.15. The zero-order valence-corrected chi connectivity index (χ0v) is 28.2. The van der Waals surface area contributed by atoms with Gasteiger partial charge in [-0.1, -0.05) is 116 Å². The van der Waals surface area contributed by atoms with E-state index in [0.717, 1.165) is 64.5 Å². The molecule has 10 rings (SSSR count). The van der Waals surface area contributed by atoms with E-state index in [9.17, 15) is 0 Å². The van der Waals surface area contributed by atoms with E-state index < -0.39 is 0 Å². The van der Waals surface area contributed by atoms with Crippen molar-refractivity contribution in [2.24, 2.45) is 10.9 Å². The van der Waals surface area contributed by atoms with E-state index >= 15 is 0 Å². The largest absolute Gasteiger partial charge is 0.309 e. The van der Waals surface area contributed by atoms with E-state index in [-0.39, 0.29) is 5.92 Å². The van der Waals surface area contributed by atoms with Gasteiger partial charge < -0.3 is 4.57 Å². The Bertz CT molecular complexity index is 2780. The van der Waals surface area contributed by atoms with Gasteiger partial charge in [0.05, 0.1) is 27.8 Å². The van der Waals surface area contributed by atoms with Gasteiger partial charge in [-0.05, 0) is 67.2 Å². The molecule has 6 nitrogen and oxygen atoms in total. The average Bonchev–Trinajstić information content (AvgIpc) is 3.71. The molecule has 6 heteroatoms. The quantitative estimate of drug-likeness (QED) is 0.185. The summed E-state index contributed by atoms with van der Waals surface area (Å²) in [6.45, 7) is 2.25. The topological polar surface area (TPSA) is 60.9 Å². The van der Waals surface area contributed by atoms with Crippen LogP contribution in [0.1, 0.15) is 37.8 Å². The molecule has 8 aromatic rings. The van der Waals surface area contributed by atoms with Crippen LogP contribution in [-0.2, 0) is 0 Å². The number of aromatic nitrogens is 5. The predicted molar refractivity (Wildman–Crippen MR) is 210 cm³/mol. The smallest absolute Gasteiger partial charge is 0.178 e. The third-order valence-corrected chi connectivity index (χ3v) is 10.1. The second-order valence-electron chi connectivity index (χ2n) is 13.5. The van der Waals surface area contributed by atoms with Gasteiger partial charge in [-0.3, -0.25) is 4.57 Å². The highest BCUT2D eigenvalue weighted by Crippen LogP contribution is 2.42. The molecule has 0 saturated carbocycles. The van der Waals surface area contributed by atoms with Crippen molar-refractivity contribution in [2.75, 3.05) is 0 Å². The van der Waals surface area contributed by atoms with Crippen molar-refractivity contribution in [1.29, 1.82) is 0 Å². The molecule has 244 valence electrons. The minimum Gasteiger partial charge on any atom is -0.309 e. The van der Waals surface area contributed by atoms with Crippen molar-refractivity contribution >= 4 is 60.7 Å². The highest BCUT2D eigenvalue weighted by Gasteiger charge is 2.25. The Hall–Kier alpha value is -6.40. The van der Waals surface area contributed by atoms with Crippen molar-refractivity contribution in [3.63, 3.8) is 0 Å². The van der Waals surface area contributed by atoms with Crippen molar-refractivity contribution in [3.8, 4) is 17.1 Å².